The maximum Gasteiger partial charge on any atom is 0.232 e. The van der Waals surface area contributed by atoms with Gasteiger partial charge in [-0.1, -0.05) is 77.0 Å². The lowest BCUT2D eigenvalue weighted by atomic mass is 9.90. The quantitative estimate of drug-likeness (QED) is 0.518. The summed E-state index contributed by atoms with van der Waals surface area (Å²) >= 11 is 0. The molecule has 32 heavy (non-hydrogen) atoms. The minimum Gasteiger partial charge on any atom is -0.351 e. The van der Waals surface area contributed by atoms with Gasteiger partial charge in [0.15, 0.2) is 0 Å². The average Bonchev–Trinajstić information content (AvgIpc) is 2.78. The van der Waals surface area contributed by atoms with Gasteiger partial charge in [-0.05, 0) is 37.8 Å². The Morgan fingerprint density at radius 2 is 1.12 bits per heavy atom. The van der Waals surface area contributed by atoms with Crippen LogP contribution in [0.4, 0.5) is 17.6 Å². The van der Waals surface area contributed by atoms with E-state index in [1.807, 2.05) is 12.1 Å². The van der Waals surface area contributed by atoms with Gasteiger partial charge in [0.05, 0.1) is 0 Å². The monoisotopic (exact) mass is 436 g/mol. The van der Waals surface area contributed by atoms with Gasteiger partial charge in [0.2, 0.25) is 11.9 Å². The molecule has 0 saturated heterocycles. The lowest BCUT2D eigenvalue weighted by Gasteiger charge is -2.22. The van der Waals surface area contributed by atoms with E-state index in [-0.39, 0.29) is 0 Å². The van der Waals surface area contributed by atoms with Crippen molar-refractivity contribution in [2.24, 2.45) is 0 Å². The molecule has 0 radical (unpaired) electrons. The summed E-state index contributed by atoms with van der Waals surface area (Å²) in [6, 6.07) is 4.36. The first-order valence-corrected chi connectivity index (χ1v) is 13.1. The molecule has 0 bridgehead atoms. The minimum atomic E-state index is 0.431. The third-order valence-electron chi connectivity index (χ3n) is 7.00. The molecule has 0 spiro atoms. The lowest BCUT2D eigenvalue weighted by Crippen LogP contribution is -2.23. The molecule has 6 nitrogen and oxygen atoms in total. The van der Waals surface area contributed by atoms with Gasteiger partial charge < -0.3 is 10.6 Å². The first kappa shape index (κ1) is 22.9. The zero-order chi connectivity index (χ0) is 21.8. The summed E-state index contributed by atoms with van der Waals surface area (Å²) in [5, 5.41) is 7.10. The van der Waals surface area contributed by atoms with Crippen LogP contribution in [0.1, 0.15) is 114 Å². The summed E-state index contributed by atoms with van der Waals surface area (Å²) in [4.78, 5) is 18.8. The highest BCUT2D eigenvalue weighted by atomic mass is 15.2. The molecular formula is C26H40N6. The van der Waals surface area contributed by atoms with E-state index in [4.69, 9.17) is 15.0 Å². The zero-order valence-corrected chi connectivity index (χ0v) is 19.6. The molecule has 0 amide bonds. The first-order chi connectivity index (χ1) is 15.9. The van der Waals surface area contributed by atoms with Crippen LogP contribution in [0.2, 0.25) is 0 Å². The van der Waals surface area contributed by atoms with E-state index in [2.05, 4.69) is 15.6 Å². The van der Waals surface area contributed by atoms with Crippen LogP contribution in [0.3, 0.4) is 0 Å². The Labute approximate surface area is 193 Å². The van der Waals surface area contributed by atoms with Crippen molar-refractivity contribution < 1.29 is 0 Å². The summed E-state index contributed by atoms with van der Waals surface area (Å²) < 4.78 is 0. The summed E-state index contributed by atoms with van der Waals surface area (Å²) in [6.45, 7) is 0. The second-order valence-corrected chi connectivity index (χ2v) is 9.64. The van der Waals surface area contributed by atoms with Gasteiger partial charge in [-0.2, -0.15) is 15.0 Å². The molecule has 2 aromatic rings. The van der Waals surface area contributed by atoms with Gasteiger partial charge in [-0.15, -0.1) is 0 Å². The number of hydrogen-bond donors (Lipinski definition) is 2. The predicted molar refractivity (Wildman–Crippen MR) is 131 cm³/mol. The lowest BCUT2D eigenvalue weighted by molar-refractivity contribution is 0.441. The third kappa shape index (κ3) is 7.42. The fourth-order valence-corrected chi connectivity index (χ4v) is 5.11. The second kappa shape index (κ2) is 12.7. The smallest absolute Gasteiger partial charge is 0.232 e. The van der Waals surface area contributed by atoms with E-state index < -0.39 is 0 Å². The van der Waals surface area contributed by atoms with Gasteiger partial charge in [0, 0.05) is 30.0 Å². The number of pyridine rings is 1. The van der Waals surface area contributed by atoms with E-state index in [0.29, 0.717) is 17.9 Å². The molecule has 2 saturated carbocycles. The van der Waals surface area contributed by atoms with E-state index in [9.17, 15) is 0 Å². The van der Waals surface area contributed by atoms with Gasteiger partial charge in [0.1, 0.15) is 5.82 Å². The van der Waals surface area contributed by atoms with Crippen LogP contribution >= 0.6 is 0 Å². The number of nitrogens with one attached hydrogen (secondary N) is 2. The Kier molecular flexibility index (Phi) is 9.11. The largest absolute Gasteiger partial charge is 0.351 e. The number of hydrogen-bond acceptors (Lipinski definition) is 6. The standard InChI is InChI=1S/C26H40N6/c1-2-7-11-15-22(16-12-8-3-1)28-25-30-24(21-13-9-5-4-6-10-14-21)31-26(32-25)29-23-17-19-27-20-18-23/h17-22H,1-16H2,(H2,27,28,29,30,31,32). The molecule has 2 aliphatic carbocycles. The zero-order valence-electron chi connectivity index (χ0n) is 19.6. The number of rotatable bonds is 5. The fourth-order valence-electron chi connectivity index (χ4n) is 5.11. The summed E-state index contributed by atoms with van der Waals surface area (Å²) in [6.07, 6.45) is 24.4. The molecule has 4 rings (SSSR count). The van der Waals surface area contributed by atoms with E-state index in [1.54, 1.807) is 12.4 Å². The molecule has 0 unspecified atom stereocenters. The third-order valence-corrected chi connectivity index (χ3v) is 7.00. The molecule has 2 aliphatic rings. The Hall–Kier alpha value is -2.24. The van der Waals surface area contributed by atoms with Crippen molar-refractivity contribution in [2.75, 3.05) is 10.6 Å². The van der Waals surface area contributed by atoms with Gasteiger partial charge in [-0.25, -0.2) is 0 Å². The van der Waals surface area contributed by atoms with Crippen LogP contribution in [-0.2, 0) is 0 Å². The van der Waals surface area contributed by atoms with Crippen molar-refractivity contribution in [3.05, 3.63) is 30.4 Å². The molecule has 2 fully saturated rings. The Balaban J connectivity index is 1.53. The molecule has 2 N–H and O–H groups in total. The fraction of sp³-hybridized carbons (Fsp3) is 0.692. The molecule has 6 heteroatoms. The van der Waals surface area contributed by atoms with Crippen LogP contribution in [0.5, 0.6) is 0 Å². The summed E-state index contributed by atoms with van der Waals surface area (Å²) in [5.41, 5.74) is 0.958. The highest BCUT2D eigenvalue weighted by Gasteiger charge is 2.20. The van der Waals surface area contributed by atoms with Crippen LogP contribution < -0.4 is 10.6 Å². The molecule has 174 valence electrons. The van der Waals surface area contributed by atoms with Gasteiger partial charge in [-0.3, -0.25) is 4.98 Å². The van der Waals surface area contributed by atoms with Crippen molar-refractivity contribution in [1.29, 1.82) is 0 Å². The molecule has 0 aromatic carbocycles. The SMILES string of the molecule is c1cc(Nc2nc(NC3CCCCCCCCC3)nc(C3CCCCCCC3)n2)ccn1. The number of anilines is 3. The van der Waals surface area contributed by atoms with Crippen LogP contribution in [0, 0.1) is 0 Å². The van der Waals surface area contributed by atoms with Gasteiger partial charge in [0.25, 0.3) is 0 Å². The predicted octanol–water partition coefficient (Wildman–Crippen LogP) is 7.14. The normalized spacial score (nSPS) is 20.1. The van der Waals surface area contributed by atoms with Crippen molar-refractivity contribution in [3.8, 4) is 0 Å². The maximum absolute atomic E-state index is 4.98. The molecule has 2 heterocycles. The van der Waals surface area contributed by atoms with E-state index >= 15 is 0 Å². The van der Waals surface area contributed by atoms with Crippen molar-refractivity contribution in [3.63, 3.8) is 0 Å². The maximum atomic E-state index is 4.98. The number of nitrogens with zero attached hydrogens (tertiary/aromatic N) is 4. The Morgan fingerprint density at radius 1 is 0.594 bits per heavy atom. The topological polar surface area (TPSA) is 75.6 Å². The summed E-state index contributed by atoms with van der Waals surface area (Å²) in [5.74, 6) is 2.78. The molecule has 0 aliphatic heterocycles. The van der Waals surface area contributed by atoms with Crippen LogP contribution in [0.15, 0.2) is 24.5 Å². The van der Waals surface area contributed by atoms with Crippen molar-refractivity contribution in [2.45, 2.75) is 115 Å². The van der Waals surface area contributed by atoms with Crippen LogP contribution in [0.25, 0.3) is 0 Å². The highest BCUT2D eigenvalue weighted by Crippen LogP contribution is 2.30. The molecule has 0 atom stereocenters. The van der Waals surface area contributed by atoms with E-state index in [1.165, 1.54) is 103 Å². The van der Waals surface area contributed by atoms with Gasteiger partial charge >= 0.3 is 0 Å². The first-order valence-electron chi connectivity index (χ1n) is 13.1. The number of aromatic nitrogens is 4. The second-order valence-electron chi connectivity index (χ2n) is 9.64. The molecular weight excluding hydrogens is 396 g/mol. The van der Waals surface area contributed by atoms with E-state index in [0.717, 1.165) is 17.5 Å². The Morgan fingerprint density at radius 3 is 1.75 bits per heavy atom. The molecule has 2 aromatic heterocycles. The minimum absolute atomic E-state index is 0.431. The van der Waals surface area contributed by atoms with Crippen molar-refractivity contribution in [1.82, 2.24) is 19.9 Å². The Bertz CT molecular complexity index is 778. The van der Waals surface area contributed by atoms with Crippen LogP contribution in [-0.4, -0.2) is 26.0 Å². The summed E-state index contributed by atoms with van der Waals surface area (Å²) in [7, 11) is 0. The average molecular weight is 437 g/mol. The van der Waals surface area contributed by atoms with Crippen molar-refractivity contribution >= 4 is 17.6 Å². The highest BCUT2D eigenvalue weighted by molar-refractivity contribution is 5.53.